The van der Waals surface area contributed by atoms with Crippen LogP contribution in [0.3, 0.4) is 0 Å². The molecule has 0 spiro atoms. The molecule has 2 rings (SSSR count). The molecule has 1 aliphatic heterocycles. The normalized spacial score (nSPS) is 17.7. The molecule has 1 aromatic carbocycles. The zero-order chi connectivity index (χ0) is 12.3. The molecule has 1 heterocycles. The first-order chi connectivity index (χ1) is 8.17. The van der Waals surface area contributed by atoms with Gasteiger partial charge in [-0.05, 0) is 17.7 Å². The molecular formula is C12H14FNO3. The topological polar surface area (TPSA) is 62.0 Å². The van der Waals surface area contributed by atoms with Crippen LogP contribution in [0.1, 0.15) is 12.0 Å². The van der Waals surface area contributed by atoms with Crippen molar-refractivity contribution < 1.29 is 19.4 Å². The molecule has 0 atom stereocenters. The van der Waals surface area contributed by atoms with Crippen LogP contribution < -0.4 is 0 Å². The summed E-state index contributed by atoms with van der Waals surface area (Å²) in [4.78, 5) is 5.06. The van der Waals surface area contributed by atoms with Crippen LogP contribution in [0.15, 0.2) is 29.4 Å². The lowest BCUT2D eigenvalue weighted by Gasteiger charge is -2.20. The zero-order valence-electron chi connectivity index (χ0n) is 9.27. The van der Waals surface area contributed by atoms with Crippen LogP contribution in [0, 0.1) is 5.82 Å². The average molecular weight is 239 g/mol. The predicted molar refractivity (Wildman–Crippen MR) is 60.1 cm³/mol. The summed E-state index contributed by atoms with van der Waals surface area (Å²) in [6, 6.07) is 6.12. The Morgan fingerprint density at radius 1 is 1.24 bits per heavy atom. The Balaban J connectivity index is 2.00. The highest BCUT2D eigenvalue weighted by Crippen LogP contribution is 2.24. The van der Waals surface area contributed by atoms with Gasteiger partial charge in [0.25, 0.3) is 0 Å². The van der Waals surface area contributed by atoms with Crippen LogP contribution in [0.5, 0.6) is 0 Å². The second kappa shape index (κ2) is 4.81. The summed E-state index contributed by atoms with van der Waals surface area (Å²) >= 11 is 0. The Bertz CT molecular complexity index is 412. The first-order valence-electron chi connectivity index (χ1n) is 5.37. The Hall–Kier alpha value is -1.46. The van der Waals surface area contributed by atoms with Gasteiger partial charge >= 0.3 is 0 Å². The Morgan fingerprint density at radius 3 is 2.41 bits per heavy atom. The van der Waals surface area contributed by atoms with Gasteiger partial charge in [0.1, 0.15) is 5.82 Å². The standard InChI is InChI=1S/C12H14FNO3/c13-10-3-1-9(2-4-10)5-11-6-12(7-15,8-16)17-14-11/h1-4,15-16H,5-8H2. The third kappa shape index (κ3) is 2.62. The molecular weight excluding hydrogens is 225 g/mol. The summed E-state index contributed by atoms with van der Waals surface area (Å²) in [7, 11) is 0. The summed E-state index contributed by atoms with van der Waals surface area (Å²) in [5, 5.41) is 22.1. The first kappa shape index (κ1) is 12.0. The van der Waals surface area contributed by atoms with E-state index in [-0.39, 0.29) is 19.0 Å². The van der Waals surface area contributed by atoms with Crippen LogP contribution in [-0.2, 0) is 11.3 Å². The molecule has 2 N–H and O–H groups in total. The molecule has 0 aliphatic carbocycles. The molecule has 5 heteroatoms. The van der Waals surface area contributed by atoms with Crippen molar-refractivity contribution in [3.63, 3.8) is 0 Å². The van der Waals surface area contributed by atoms with E-state index in [4.69, 9.17) is 15.1 Å². The molecule has 17 heavy (non-hydrogen) atoms. The Labute approximate surface area is 98.3 Å². The highest BCUT2D eigenvalue weighted by molar-refractivity contribution is 5.88. The number of nitrogens with zero attached hydrogens (tertiary/aromatic N) is 1. The van der Waals surface area contributed by atoms with Crippen LogP contribution in [-0.4, -0.2) is 34.7 Å². The van der Waals surface area contributed by atoms with E-state index in [9.17, 15) is 4.39 Å². The molecule has 0 aromatic heterocycles. The van der Waals surface area contributed by atoms with Gasteiger partial charge in [0.15, 0.2) is 5.60 Å². The number of benzene rings is 1. The number of hydrogen-bond acceptors (Lipinski definition) is 4. The predicted octanol–water partition coefficient (Wildman–Crippen LogP) is 0.868. The fourth-order valence-electron chi connectivity index (χ4n) is 1.75. The third-order valence-electron chi connectivity index (χ3n) is 2.79. The molecule has 4 nitrogen and oxygen atoms in total. The van der Waals surface area contributed by atoms with Gasteiger partial charge in [-0.1, -0.05) is 17.3 Å². The highest BCUT2D eigenvalue weighted by Gasteiger charge is 2.37. The van der Waals surface area contributed by atoms with Crippen molar-refractivity contribution in [2.75, 3.05) is 13.2 Å². The van der Waals surface area contributed by atoms with Crippen LogP contribution in [0.4, 0.5) is 4.39 Å². The minimum atomic E-state index is -0.991. The van der Waals surface area contributed by atoms with Crippen molar-refractivity contribution in [1.29, 1.82) is 0 Å². The molecule has 0 saturated heterocycles. The fraction of sp³-hybridized carbons (Fsp3) is 0.417. The second-order valence-corrected chi connectivity index (χ2v) is 4.23. The smallest absolute Gasteiger partial charge is 0.188 e. The quantitative estimate of drug-likeness (QED) is 0.819. The van der Waals surface area contributed by atoms with Crippen LogP contribution >= 0.6 is 0 Å². The van der Waals surface area contributed by atoms with Crippen molar-refractivity contribution >= 4 is 5.71 Å². The Kier molecular flexibility index (Phi) is 3.40. The van der Waals surface area contributed by atoms with Gasteiger partial charge in [0, 0.05) is 12.8 Å². The van der Waals surface area contributed by atoms with Crippen LogP contribution in [0.2, 0.25) is 0 Å². The number of oxime groups is 1. The number of aliphatic hydroxyl groups is 2. The number of rotatable bonds is 4. The lowest BCUT2D eigenvalue weighted by molar-refractivity contribution is -0.0878. The van der Waals surface area contributed by atoms with E-state index < -0.39 is 5.60 Å². The number of aliphatic hydroxyl groups excluding tert-OH is 2. The zero-order valence-corrected chi connectivity index (χ0v) is 9.27. The number of halogens is 1. The van der Waals surface area contributed by atoms with Crippen molar-refractivity contribution in [3.05, 3.63) is 35.6 Å². The first-order valence-corrected chi connectivity index (χ1v) is 5.37. The summed E-state index contributed by atoms with van der Waals surface area (Å²) in [5.41, 5.74) is 0.662. The maximum atomic E-state index is 12.7. The average Bonchev–Trinajstić information content (AvgIpc) is 2.76. The minimum absolute atomic E-state index is 0.278. The van der Waals surface area contributed by atoms with E-state index in [2.05, 4.69) is 5.16 Å². The van der Waals surface area contributed by atoms with Gasteiger partial charge in [0.2, 0.25) is 0 Å². The summed E-state index contributed by atoms with van der Waals surface area (Å²) in [5.74, 6) is -0.279. The molecule has 0 radical (unpaired) electrons. The van der Waals surface area contributed by atoms with Gasteiger partial charge in [-0.15, -0.1) is 0 Å². The van der Waals surface area contributed by atoms with Crippen LogP contribution in [0.25, 0.3) is 0 Å². The van der Waals surface area contributed by atoms with E-state index in [1.807, 2.05) is 0 Å². The van der Waals surface area contributed by atoms with Gasteiger partial charge in [-0.2, -0.15) is 0 Å². The SMILES string of the molecule is OCC1(CO)CC(Cc2ccc(F)cc2)=NO1. The molecule has 1 aromatic rings. The van der Waals surface area contributed by atoms with Crippen molar-refractivity contribution in [3.8, 4) is 0 Å². The molecule has 92 valence electrons. The summed E-state index contributed by atoms with van der Waals surface area (Å²) in [6.45, 7) is -0.556. The summed E-state index contributed by atoms with van der Waals surface area (Å²) < 4.78 is 12.7. The monoisotopic (exact) mass is 239 g/mol. The van der Waals surface area contributed by atoms with Crippen molar-refractivity contribution in [2.45, 2.75) is 18.4 Å². The van der Waals surface area contributed by atoms with E-state index in [1.54, 1.807) is 12.1 Å². The highest BCUT2D eigenvalue weighted by atomic mass is 19.1. The van der Waals surface area contributed by atoms with E-state index in [0.717, 1.165) is 11.3 Å². The lowest BCUT2D eigenvalue weighted by atomic mass is 9.96. The van der Waals surface area contributed by atoms with Crippen molar-refractivity contribution in [1.82, 2.24) is 0 Å². The minimum Gasteiger partial charge on any atom is -0.392 e. The maximum Gasteiger partial charge on any atom is 0.188 e. The van der Waals surface area contributed by atoms with E-state index >= 15 is 0 Å². The Morgan fingerprint density at radius 2 is 1.88 bits per heavy atom. The molecule has 1 aliphatic rings. The van der Waals surface area contributed by atoms with Gasteiger partial charge in [-0.3, -0.25) is 0 Å². The largest absolute Gasteiger partial charge is 0.392 e. The van der Waals surface area contributed by atoms with Crippen molar-refractivity contribution in [2.24, 2.45) is 5.16 Å². The number of hydrogen-bond donors (Lipinski definition) is 2. The molecule has 0 fully saturated rings. The van der Waals surface area contributed by atoms with E-state index in [1.165, 1.54) is 12.1 Å². The third-order valence-corrected chi connectivity index (χ3v) is 2.79. The molecule has 0 amide bonds. The molecule has 0 saturated carbocycles. The maximum absolute atomic E-state index is 12.7. The lowest BCUT2D eigenvalue weighted by Crippen LogP contribution is -2.37. The molecule has 0 bridgehead atoms. The van der Waals surface area contributed by atoms with E-state index in [0.29, 0.717) is 12.8 Å². The molecule has 0 unspecified atom stereocenters. The second-order valence-electron chi connectivity index (χ2n) is 4.23. The van der Waals surface area contributed by atoms with Gasteiger partial charge < -0.3 is 15.1 Å². The fourth-order valence-corrected chi connectivity index (χ4v) is 1.75. The summed E-state index contributed by atoms with van der Waals surface area (Å²) in [6.07, 6.45) is 0.916. The van der Waals surface area contributed by atoms with Gasteiger partial charge in [-0.25, -0.2) is 4.39 Å². The van der Waals surface area contributed by atoms with Gasteiger partial charge in [0.05, 0.1) is 18.9 Å².